The number of carbonyl (C=O) groups excluding carboxylic acids is 1. The molecule has 2 aromatic carbocycles. The Morgan fingerprint density at radius 2 is 1.86 bits per heavy atom. The highest BCUT2D eigenvalue weighted by atomic mass is 32.2. The fourth-order valence-corrected chi connectivity index (χ4v) is 3.32. The van der Waals surface area contributed by atoms with Crippen molar-refractivity contribution >= 4 is 33.5 Å². The highest BCUT2D eigenvalue weighted by Gasteiger charge is 2.22. The summed E-state index contributed by atoms with van der Waals surface area (Å²) in [5.74, 6) is -0.621. The summed E-state index contributed by atoms with van der Waals surface area (Å²) < 4.78 is 25.4. The van der Waals surface area contributed by atoms with Crippen LogP contribution in [-0.2, 0) is 14.8 Å². The summed E-state index contributed by atoms with van der Waals surface area (Å²) in [5.41, 5.74) is 4.84. The molecule has 148 valence electrons. The molecule has 0 aliphatic rings. The third-order valence-corrected chi connectivity index (χ3v) is 5.17. The Balaban J connectivity index is 2.10. The van der Waals surface area contributed by atoms with E-state index in [0.29, 0.717) is 11.3 Å². The molecule has 1 amide bonds. The highest BCUT2D eigenvalue weighted by molar-refractivity contribution is 7.92. The molecule has 0 bridgehead atoms. The first-order valence-corrected chi connectivity index (χ1v) is 10.0. The smallest absolute Gasteiger partial charge is 0.269 e. The van der Waals surface area contributed by atoms with E-state index < -0.39 is 27.4 Å². The minimum absolute atomic E-state index is 0.0569. The van der Waals surface area contributed by atoms with Crippen LogP contribution in [0.1, 0.15) is 16.7 Å². The molecule has 0 spiro atoms. The quantitative estimate of drug-likeness (QED) is 0.430. The van der Waals surface area contributed by atoms with Gasteiger partial charge in [0, 0.05) is 12.1 Å². The summed E-state index contributed by atoms with van der Waals surface area (Å²) in [7, 11) is -3.69. The monoisotopic (exact) mass is 404 g/mol. The van der Waals surface area contributed by atoms with Crippen LogP contribution in [-0.4, -0.2) is 38.3 Å². The molecule has 2 rings (SSSR count). The molecule has 10 heteroatoms. The van der Waals surface area contributed by atoms with Gasteiger partial charge in [0.2, 0.25) is 10.0 Å². The molecule has 0 saturated carbocycles. The van der Waals surface area contributed by atoms with Crippen LogP contribution in [0.15, 0.2) is 47.6 Å². The largest absolute Gasteiger partial charge is 0.271 e. The molecular formula is C18H20N4O5S. The average molecular weight is 404 g/mol. The Morgan fingerprint density at radius 3 is 2.43 bits per heavy atom. The molecule has 0 fully saturated rings. The summed E-state index contributed by atoms with van der Waals surface area (Å²) in [6, 6.07) is 10.8. The van der Waals surface area contributed by atoms with Crippen LogP contribution in [0.3, 0.4) is 0 Å². The van der Waals surface area contributed by atoms with Gasteiger partial charge in [-0.25, -0.2) is 13.8 Å². The number of anilines is 1. The first kappa shape index (κ1) is 21.0. The molecule has 0 aromatic heterocycles. The lowest BCUT2D eigenvalue weighted by atomic mass is 10.1. The number of nitro groups is 1. The van der Waals surface area contributed by atoms with Gasteiger partial charge in [-0.1, -0.05) is 12.1 Å². The van der Waals surface area contributed by atoms with E-state index in [0.717, 1.165) is 21.7 Å². The number of nitro benzene ring substituents is 1. The Kier molecular flexibility index (Phi) is 6.47. The van der Waals surface area contributed by atoms with Crippen molar-refractivity contribution in [2.24, 2.45) is 5.10 Å². The van der Waals surface area contributed by atoms with Gasteiger partial charge in [0.1, 0.15) is 6.54 Å². The predicted molar refractivity (Wildman–Crippen MR) is 107 cm³/mol. The lowest BCUT2D eigenvalue weighted by Crippen LogP contribution is -2.39. The van der Waals surface area contributed by atoms with E-state index in [1.807, 2.05) is 13.0 Å². The lowest BCUT2D eigenvalue weighted by Gasteiger charge is -2.23. The molecule has 0 aliphatic carbocycles. The van der Waals surface area contributed by atoms with Crippen LogP contribution in [0.25, 0.3) is 0 Å². The van der Waals surface area contributed by atoms with E-state index in [1.165, 1.54) is 30.5 Å². The maximum atomic E-state index is 12.2. The molecule has 1 N–H and O–H groups in total. The van der Waals surface area contributed by atoms with Crippen molar-refractivity contribution in [3.8, 4) is 0 Å². The van der Waals surface area contributed by atoms with Gasteiger partial charge >= 0.3 is 0 Å². The third kappa shape index (κ3) is 5.36. The van der Waals surface area contributed by atoms with Crippen molar-refractivity contribution in [2.45, 2.75) is 13.8 Å². The van der Waals surface area contributed by atoms with Crippen LogP contribution < -0.4 is 9.73 Å². The summed E-state index contributed by atoms with van der Waals surface area (Å²) in [6.07, 6.45) is 2.34. The lowest BCUT2D eigenvalue weighted by molar-refractivity contribution is -0.384. The molecule has 28 heavy (non-hydrogen) atoms. The number of amides is 1. The van der Waals surface area contributed by atoms with Crippen molar-refractivity contribution in [3.05, 3.63) is 69.3 Å². The maximum absolute atomic E-state index is 12.2. The molecule has 2 aromatic rings. The van der Waals surface area contributed by atoms with Crippen molar-refractivity contribution in [2.75, 3.05) is 17.1 Å². The number of hydrogen-bond acceptors (Lipinski definition) is 6. The number of carbonyl (C=O) groups is 1. The first-order chi connectivity index (χ1) is 13.1. The zero-order valence-corrected chi connectivity index (χ0v) is 16.4. The Morgan fingerprint density at radius 1 is 1.21 bits per heavy atom. The molecular weight excluding hydrogens is 384 g/mol. The SMILES string of the molecule is Cc1cccc(N(CC(=O)N/N=C\c2ccc([N+](=O)[O-])cc2)S(C)(=O)=O)c1C. The Labute approximate surface area is 162 Å². The normalized spacial score (nSPS) is 11.4. The van der Waals surface area contributed by atoms with E-state index in [-0.39, 0.29) is 5.69 Å². The number of nitrogens with one attached hydrogen (secondary N) is 1. The Bertz CT molecular complexity index is 1020. The van der Waals surface area contributed by atoms with Crippen molar-refractivity contribution in [1.82, 2.24) is 5.43 Å². The van der Waals surface area contributed by atoms with Crippen LogP contribution in [0.5, 0.6) is 0 Å². The number of benzene rings is 2. The van der Waals surface area contributed by atoms with Crippen LogP contribution in [0.4, 0.5) is 11.4 Å². The number of hydrazone groups is 1. The minimum atomic E-state index is -3.69. The maximum Gasteiger partial charge on any atom is 0.269 e. The number of sulfonamides is 1. The summed E-state index contributed by atoms with van der Waals surface area (Å²) in [5, 5.41) is 14.4. The van der Waals surface area contributed by atoms with E-state index >= 15 is 0 Å². The molecule has 0 heterocycles. The number of hydrogen-bond donors (Lipinski definition) is 1. The second kappa shape index (κ2) is 8.61. The number of aryl methyl sites for hydroxylation is 1. The van der Waals surface area contributed by atoms with Crippen molar-refractivity contribution < 1.29 is 18.1 Å². The van der Waals surface area contributed by atoms with Gasteiger partial charge < -0.3 is 0 Å². The summed E-state index contributed by atoms with van der Waals surface area (Å²) in [6.45, 7) is 3.21. The van der Waals surface area contributed by atoms with Gasteiger partial charge in [0.05, 0.1) is 23.1 Å². The van der Waals surface area contributed by atoms with Crippen molar-refractivity contribution in [3.63, 3.8) is 0 Å². The van der Waals surface area contributed by atoms with E-state index in [1.54, 1.807) is 19.1 Å². The number of non-ortho nitro benzene ring substituents is 1. The van der Waals surface area contributed by atoms with Crippen LogP contribution in [0, 0.1) is 24.0 Å². The zero-order valence-electron chi connectivity index (χ0n) is 15.6. The molecule has 0 unspecified atom stereocenters. The molecule has 9 nitrogen and oxygen atoms in total. The van der Waals surface area contributed by atoms with Gasteiger partial charge in [-0.15, -0.1) is 0 Å². The fraction of sp³-hybridized carbons (Fsp3) is 0.222. The predicted octanol–water partition coefficient (Wildman–Crippen LogP) is 2.13. The number of nitrogens with zero attached hydrogens (tertiary/aromatic N) is 3. The van der Waals surface area contributed by atoms with Gasteiger partial charge in [-0.3, -0.25) is 19.2 Å². The van der Waals surface area contributed by atoms with E-state index in [4.69, 9.17) is 0 Å². The summed E-state index contributed by atoms with van der Waals surface area (Å²) in [4.78, 5) is 22.3. The second-order valence-electron chi connectivity index (χ2n) is 6.13. The minimum Gasteiger partial charge on any atom is -0.271 e. The van der Waals surface area contributed by atoms with Crippen LogP contribution >= 0.6 is 0 Å². The van der Waals surface area contributed by atoms with Gasteiger partial charge in [-0.05, 0) is 48.7 Å². The third-order valence-electron chi connectivity index (χ3n) is 4.04. The highest BCUT2D eigenvalue weighted by Crippen LogP contribution is 2.24. The van der Waals surface area contributed by atoms with E-state index in [9.17, 15) is 23.3 Å². The molecule has 0 radical (unpaired) electrons. The van der Waals surface area contributed by atoms with Gasteiger partial charge in [0.25, 0.3) is 11.6 Å². The number of rotatable bonds is 7. The topological polar surface area (TPSA) is 122 Å². The fourth-order valence-electron chi connectivity index (χ4n) is 2.41. The van der Waals surface area contributed by atoms with Crippen LogP contribution in [0.2, 0.25) is 0 Å². The average Bonchev–Trinajstić information content (AvgIpc) is 2.62. The van der Waals surface area contributed by atoms with E-state index in [2.05, 4.69) is 10.5 Å². The molecule has 0 atom stereocenters. The summed E-state index contributed by atoms with van der Waals surface area (Å²) >= 11 is 0. The standard InChI is InChI=1S/C18H20N4O5S/c1-13-5-4-6-17(14(13)2)21(28(3,26)27)12-18(23)20-19-11-15-7-9-16(10-8-15)22(24)25/h4-11H,12H2,1-3H3,(H,20,23)/b19-11-. The Hall–Kier alpha value is -3.27. The van der Waals surface area contributed by atoms with Gasteiger partial charge in [0.15, 0.2) is 0 Å². The second-order valence-corrected chi connectivity index (χ2v) is 8.04. The van der Waals surface area contributed by atoms with Crippen molar-refractivity contribution in [1.29, 1.82) is 0 Å². The zero-order chi connectivity index (χ0) is 20.9. The van der Waals surface area contributed by atoms with Gasteiger partial charge in [-0.2, -0.15) is 5.10 Å². The molecule has 0 aliphatic heterocycles. The molecule has 0 saturated heterocycles. The first-order valence-electron chi connectivity index (χ1n) is 8.20.